The highest BCUT2D eigenvalue weighted by Crippen LogP contribution is 2.71. The molecule has 5 aliphatic rings. The van der Waals surface area contributed by atoms with E-state index < -0.39 is 0 Å². The molecule has 0 aromatic carbocycles. The zero-order chi connectivity index (χ0) is 25.4. The first-order chi connectivity index (χ1) is 16.4. The molecule has 3 fully saturated rings. The van der Waals surface area contributed by atoms with Crippen LogP contribution in [0.25, 0.3) is 0 Å². The van der Waals surface area contributed by atoms with E-state index in [1.54, 1.807) is 6.08 Å². The highest BCUT2D eigenvalue weighted by atomic mass is 16.3. The molecule has 7 atom stereocenters. The molecule has 5 aliphatic carbocycles. The van der Waals surface area contributed by atoms with E-state index in [0.29, 0.717) is 29.7 Å². The molecule has 192 valence electrons. The summed E-state index contributed by atoms with van der Waals surface area (Å²) < 4.78 is 0. The number of amides is 2. The van der Waals surface area contributed by atoms with Gasteiger partial charge in [-0.15, -0.1) is 0 Å². The van der Waals surface area contributed by atoms with Gasteiger partial charge in [0, 0.05) is 17.7 Å². The van der Waals surface area contributed by atoms with Gasteiger partial charge in [-0.25, -0.2) is 4.79 Å². The highest BCUT2D eigenvalue weighted by Gasteiger charge is 2.63. The SMILES string of the molecule is CCNC(=O)N[C@]1(C)CC[C@]2(C)CC[C@@]3(C)C(CC[C@@]4(C)C5=CC(=O)C(O)=C(C)C5=CCC34)[C@@H]2C1. The number of nitrogens with one attached hydrogen (secondary N) is 2. The molecule has 3 saturated carbocycles. The predicted octanol–water partition coefficient (Wildman–Crippen LogP) is 6.37. The van der Waals surface area contributed by atoms with Gasteiger partial charge in [0.15, 0.2) is 5.76 Å². The number of carbonyl (C=O) groups is 2. The van der Waals surface area contributed by atoms with Crippen LogP contribution in [0, 0.1) is 34.0 Å². The summed E-state index contributed by atoms with van der Waals surface area (Å²) >= 11 is 0. The van der Waals surface area contributed by atoms with Crippen molar-refractivity contribution in [3.8, 4) is 0 Å². The van der Waals surface area contributed by atoms with Crippen LogP contribution in [0.1, 0.15) is 92.9 Å². The minimum absolute atomic E-state index is 0.0427. The Balaban J connectivity index is 1.48. The van der Waals surface area contributed by atoms with Gasteiger partial charge in [-0.1, -0.05) is 26.8 Å². The molecule has 0 saturated heterocycles. The van der Waals surface area contributed by atoms with E-state index in [9.17, 15) is 14.7 Å². The fourth-order valence-corrected chi connectivity index (χ4v) is 9.25. The number of fused-ring (bicyclic) bond motifs is 7. The number of urea groups is 1. The third-order valence-corrected chi connectivity index (χ3v) is 11.4. The summed E-state index contributed by atoms with van der Waals surface area (Å²) in [5, 5.41) is 16.6. The van der Waals surface area contributed by atoms with Crippen molar-refractivity contribution in [2.24, 2.45) is 34.0 Å². The number of rotatable bonds is 2. The highest BCUT2D eigenvalue weighted by molar-refractivity contribution is 6.06. The molecular weight excluding hydrogens is 436 g/mol. The second kappa shape index (κ2) is 7.98. The molecule has 0 aromatic rings. The molecule has 3 N–H and O–H groups in total. The maximum Gasteiger partial charge on any atom is 0.315 e. The molecule has 0 bridgehead atoms. The first-order valence-electron chi connectivity index (χ1n) is 13.8. The van der Waals surface area contributed by atoms with Gasteiger partial charge in [0.05, 0.1) is 0 Å². The van der Waals surface area contributed by atoms with Crippen molar-refractivity contribution >= 4 is 11.8 Å². The summed E-state index contributed by atoms with van der Waals surface area (Å²) in [6, 6.07) is -0.0427. The third-order valence-electron chi connectivity index (χ3n) is 11.4. The normalized spacial score (nSPS) is 44.7. The molecule has 0 heterocycles. The van der Waals surface area contributed by atoms with Crippen LogP contribution in [0.5, 0.6) is 0 Å². The van der Waals surface area contributed by atoms with Crippen LogP contribution in [-0.2, 0) is 4.79 Å². The minimum Gasteiger partial charge on any atom is -0.504 e. The van der Waals surface area contributed by atoms with Gasteiger partial charge in [0.2, 0.25) is 5.78 Å². The Kier molecular flexibility index (Phi) is 5.62. The Morgan fingerprint density at radius 1 is 1.09 bits per heavy atom. The maximum atomic E-state index is 12.6. The second-order valence-electron chi connectivity index (χ2n) is 13.4. The fourth-order valence-electron chi connectivity index (χ4n) is 9.25. The summed E-state index contributed by atoms with van der Waals surface area (Å²) in [6.45, 7) is 14.2. The van der Waals surface area contributed by atoms with E-state index in [2.05, 4.69) is 44.4 Å². The Bertz CT molecular complexity index is 1060. The standard InChI is InChI=1S/C30H44N2O3/c1-7-31-26(35)32-28(4)14-12-27(3)13-15-30(6)20(22(27)17-28)10-11-29(5)21-16-23(33)25(34)18(2)19(21)8-9-24(29)30/h8,16,20,22,24,34H,7,9-15,17H2,1-6H3,(H2,31,32,35)/t20?,22-,24?,27+,28+,29-,30-/m0/s1. The van der Waals surface area contributed by atoms with E-state index in [1.165, 1.54) is 19.3 Å². The molecule has 0 aliphatic heterocycles. The first-order valence-corrected chi connectivity index (χ1v) is 13.8. The van der Waals surface area contributed by atoms with Crippen molar-refractivity contribution in [1.29, 1.82) is 0 Å². The van der Waals surface area contributed by atoms with E-state index in [4.69, 9.17) is 0 Å². The molecule has 5 rings (SSSR count). The first kappa shape index (κ1) is 24.6. The Morgan fingerprint density at radius 3 is 2.51 bits per heavy atom. The van der Waals surface area contributed by atoms with Gasteiger partial charge in [0.1, 0.15) is 0 Å². The summed E-state index contributed by atoms with van der Waals surface area (Å²) in [6.07, 6.45) is 13.0. The number of hydrogen-bond acceptors (Lipinski definition) is 3. The van der Waals surface area contributed by atoms with Crippen molar-refractivity contribution in [3.05, 3.63) is 34.6 Å². The molecule has 35 heavy (non-hydrogen) atoms. The molecule has 0 aromatic heterocycles. The molecule has 5 heteroatoms. The number of aliphatic hydroxyl groups excluding tert-OH is 1. The maximum absolute atomic E-state index is 12.6. The lowest BCUT2D eigenvalue weighted by molar-refractivity contribution is -0.153. The smallest absolute Gasteiger partial charge is 0.315 e. The van der Waals surface area contributed by atoms with E-state index in [-0.39, 0.29) is 33.9 Å². The number of aliphatic hydroxyl groups is 1. The van der Waals surface area contributed by atoms with E-state index in [1.807, 2.05) is 13.8 Å². The third kappa shape index (κ3) is 3.54. The monoisotopic (exact) mass is 480 g/mol. The lowest BCUT2D eigenvalue weighted by atomic mass is 9.38. The summed E-state index contributed by atoms with van der Waals surface area (Å²) in [5.41, 5.74) is 3.33. The van der Waals surface area contributed by atoms with E-state index >= 15 is 0 Å². The minimum atomic E-state index is -0.237. The van der Waals surface area contributed by atoms with Gasteiger partial charge in [-0.05, 0) is 123 Å². The summed E-state index contributed by atoms with van der Waals surface area (Å²) in [5.74, 6) is 1.37. The number of ketones is 1. The van der Waals surface area contributed by atoms with Crippen molar-refractivity contribution in [2.45, 2.75) is 98.4 Å². The van der Waals surface area contributed by atoms with E-state index in [0.717, 1.165) is 48.8 Å². The average Bonchev–Trinajstić information content (AvgIpc) is 2.79. The van der Waals surface area contributed by atoms with Crippen LogP contribution in [0.15, 0.2) is 34.6 Å². The van der Waals surface area contributed by atoms with Crippen LogP contribution in [0.4, 0.5) is 4.79 Å². The average molecular weight is 481 g/mol. The Morgan fingerprint density at radius 2 is 1.80 bits per heavy atom. The van der Waals surface area contributed by atoms with Crippen molar-refractivity contribution < 1.29 is 14.7 Å². The van der Waals surface area contributed by atoms with Gasteiger partial charge in [0.25, 0.3) is 0 Å². The topological polar surface area (TPSA) is 78.4 Å². The van der Waals surface area contributed by atoms with Crippen molar-refractivity contribution in [1.82, 2.24) is 10.6 Å². The van der Waals surface area contributed by atoms with Crippen molar-refractivity contribution in [3.63, 3.8) is 0 Å². The molecule has 0 radical (unpaired) electrons. The Hall–Kier alpha value is -2.04. The lowest BCUT2D eigenvalue weighted by Gasteiger charge is -2.67. The van der Waals surface area contributed by atoms with Gasteiger partial charge >= 0.3 is 6.03 Å². The summed E-state index contributed by atoms with van der Waals surface area (Å²) in [4.78, 5) is 25.1. The lowest BCUT2D eigenvalue weighted by Crippen LogP contribution is -2.62. The van der Waals surface area contributed by atoms with Crippen LogP contribution < -0.4 is 10.6 Å². The second-order valence-corrected chi connectivity index (χ2v) is 13.4. The number of carbonyl (C=O) groups excluding carboxylic acids is 2. The van der Waals surface area contributed by atoms with Crippen LogP contribution in [0.3, 0.4) is 0 Å². The van der Waals surface area contributed by atoms with Gasteiger partial charge in [-0.2, -0.15) is 0 Å². The molecule has 2 amide bonds. The van der Waals surface area contributed by atoms with Gasteiger partial charge in [-0.3, -0.25) is 4.79 Å². The molecule has 0 spiro atoms. The number of allylic oxidation sites excluding steroid dienone is 5. The Labute approximate surface area is 210 Å². The summed E-state index contributed by atoms with van der Waals surface area (Å²) in [7, 11) is 0. The molecular formula is C30H44N2O3. The quantitative estimate of drug-likeness (QED) is 0.429. The molecule has 5 nitrogen and oxygen atoms in total. The zero-order valence-electron chi connectivity index (χ0n) is 22.5. The number of hydrogen-bond donors (Lipinski definition) is 3. The van der Waals surface area contributed by atoms with Crippen LogP contribution in [-0.4, -0.2) is 29.0 Å². The predicted molar refractivity (Wildman–Crippen MR) is 139 cm³/mol. The van der Waals surface area contributed by atoms with Crippen molar-refractivity contribution in [2.75, 3.05) is 6.54 Å². The molecule has 2 unspecified atom stereocenters. The fraction of sp³-hybridized carbons (Fsp3) is 0.733. The van der Waals surface area contributed by atoms with Gasteiger partial charge < -0.3 is 15.7 Å². The zero-order valence-corrected chi connectivity index (χ0v) is 22.5. The van der Waals surface area contributed by atoms with Crippen LogP contribution in [0.2, 0.25) is 0 Å². The largest absolute Gasteiger partial charge is 0.504 e. The van der Waals surface area contributed by atoms with Crippen LogP contribution >= 0.6 is 0 Å².